The van der Waals surface area contributed by atoms with Gasteiger partial charge in [0.25, 0.3) is 0 Å². The number of hydrogen-bond acceptors (Lipinski definition) is 9. The molecule has 0 bridgehead atoms. The summed E-state index contributed by atoms with van der Waals surface area (Å²) in [7, 11) is 0. The summed E-state index contributed by atoms with van der Waals surface area (Å²) in [5, 5.41) is 9.99. The van der Waals surface area contributed by atoms with Gasteiger partial charge in [-0.25, -0.2) is 9.59 Å². The Morgan fingerprint density at radius 3 is 1.20 bits per heavy atom. The Morgan fingerprint density at radius 1 is 0.484 bits per heavy atom. The van der Waals surface area contributed by atoms with Crippen molar-refractivity contribution in [1.82, 2.24) is 0 Å². The van der Waals surface area contributed by atoms with E-state index < -0.39 is 11.9 Å². The third kappa shape index (κ3) is 17.3. The number of rotatable bonds is 28. The molecule has 9 nitrogen and oxygen atoms in total. The zero-order valence-corrected chi connectivity index (χ0v) is 37.6. The summed E-state index contributed by atoms with van der Waals surface area (Å²) >= 11 is 0. The lowest BCUT2D eigenvalue weighted by atomic mass is 10.1. The van der Waals surface area contributed by atoms with Crippen LogP contribution in [0, 0.1) is 11.3 Å². The number of nitriles is 1. The van der Waals surface area contributed by atoms with E-state index in [-0.39, 0.29) is 28.2 Å². The molecule has 0 aromatic heterocycles. The van der Waals surface area contributed by atoms with Gasteiger partial charge in [-0.05, 0) is 109 Å². The maximum absolute atomic E-state index is 13.1. The number of esters is 2. The molecule has 5 rings (SSSR count). The van der Waals surface area contributed by atoms with Crippen molar-refractivity contribution in [3.05, 3.63) is 143 Å². The fraction of sp³-hybridized carbons (Fsp3) is 0.364. The van der Waals surface area contributed by atoms with Gasteiger partial charge in [-0.1, -0.05) is 134 Å². The van der Waals surface area contributed by atoms with Crippen molar-refractivity contribution in [2.75, 3.05) is 13.2 Å². The average molecular weight is 862 g/mol. The second-order valence-electron chi connectivity index (χ2n) is 15.9. The van der Waals surface area contributed by atoms with Crippen molar-refractivity contribution in [2.24, 2.45) is 9.98 Å². The molecule has 0 fully saturated rings. The third-order valence-electron chi connectivity index (χ3n) is 10.7. The highest BCUT2D eigenvalue weighted by Crippen LogP contribution is 2.29. The van der Waals surface area contributed by atoms with E-state index in [0.717, 1.165) is 46.8 Å². The van der Waals surface area contributed by atoms with Gasteiger partial charge in [0.05, 0.1) is 35.7 Å². The molecule has 64 heavy (non-hydrogen) atoms. The number of nitrogens with zero attached hydrogens (tertiary/aromatic N) is 3. The largest absolute Gasteiger partial charge is 0.494 e. The third-order valence-corrected chi connectivity index (χ3v) is 10.7. The number of hydrogen-bond donors (Lipinski definition) is 0. The molecular weight excluding hydrogens is 799 g/mol. The van der Waals surface area contributed by atoms with Crippen LogP contribution >= 0.6 is 0 Å². The molecule has 0 aliphatic carbocycles. The van der Waals surface area contributed by atoms with E-state index in [2.05, 4.69) is 23.8 Å². The van der Waals surface area contributed by atoms with Gasteiger partial charge in [-0.15, -0.1) is 0 Å². The first kappa shape index (κ1) is 48.5. The Kier molecular flexibility index (Phi) is 21.4. The SMILES string of the molecule is CCCCCCCCCCOc1ccc(N=Cc2ccc(C(=O)Oc3cccc(OC(=O)c4ccc(C=Nc5ccc(OCCCCCCCCCC)cc5)cc4)c3C#N)cc2)cc1. The first-order chi connectivity index (χ1) is 31.4. The predicted molar refractivity (Wildman–Crippen MR) is 258 cm³/mol. The van der Waals surface area contributed by atoms with Gasteiger partial charge in [-0.3, -0.25) is 9.98 Å². The van der Waals surface area contributed by atoms with E-state index in [4.69, 9.17) is 18.9 Å². The van der Waals surface area contributed by atoms with Crippen LogP contribution in [-0.4, -0.2) is 37.6 Å². The Bertz CT molecular complexity index is 2090. The molecule has 334 valence electrons. The summed E-state index contributed by atoms with van der Waals surface area (Å²) in [6.45, 7) is 5.91. The highest BCUT2D eigenvalue weighted by Gasteiger charge is 2.18. The summed E-state index contributed by atoms with van der Waals surface area (Å²) in [6, 6.07) is 35.4. The molecule has 0 saturated heterocycles. The van der Waals surface area contributed by atoms with Gasteiger partial charge in [0.2, 0.25) is 0 Å². The molecule has 9 heteroatoms. The van der Waals surface area contributed by atoms with E-state index in [9.17, 15) is 14.9 Å². The minimum absolute atomic E-state index is 0.0247. The monoisotopic (exact) mass is 861 g/mol. The van der Waals surface area contributed by atoms with Gasteiger partial charge >= 0.3 is 11.9 Å². The first-order valence-electron chi connectivity index (χ1n) is 23.2. The number of aliphatic imine (C=N–C) groups is 2. The molecule has 0 saturated carbocycles. The maximum atomic E-state index is 13.1. The van der Waals surface area contributed by atoms with Crippen LogP contribution < -0.4 is 18.9 Å². The summed E-state index contributed by atoms with van der Waals surface area (Å²) in [4.78, 5) is 35.3. The molecule has 0 N–H and O–H groups in total. The van der Waals surface area contributed by atoms with Crippen LogP contribution in [0.4, 0.5) is 11.4 Å². The van der Waals surface area contributed by atoms with E-state index in [1.54, 1.807) is 67.0 Å². The number of ether oxygens (including phenoxy) is 4. The van der Waals surface area contributed by atoms with Crippen LogP contribution in [0.25, 0.3) is 0 Å². The number of benzene rings is 5. The minimum Gasteiger partial charge on any atom is -0.494 e. The van der Waals surface area contributed by atoms with Gasteiger partial charge in [-0.2, -0.15) is 5.26 Å². The molecule has 0 radical (unpaired) electrons. The molecule has 0 amide bonds. The molecule has 0 aliphatic rings. The second kappa shape index (κ2) is 28.2. The smallest absolute Gasteiger partial charge is 0.343 e. The first-order valence-corrected chi connectivity index (χ1v) is 23.2. The van der Waals surface area contributed by atoms with Crippen molar-refractivity contribution in [2.45, 2.75) is 117 Å². The molecule has 0 heterocycles. The standard InChI is InChI=1S/C55H63N3O6/c1-3-5-7-9-11-13-15-17-38-61-49-34-30-47(31-35-49)57-41-43-22-26-45(27-23-43)54(59)63-52-20-19-21-53(51(52)40-56)64-55(60)46-28-24-44(25-29-46)42-58-48-32-36-50(37-33-48)62-39-18-16-14-12-10-8-6-4-2/h19-37,41-42H,3-18,38-39H2,1-2H3. The lowest BCUT2D eigenvalue weighted by molar-refractivity contribution is 0.0731. The lowest BCUT2D eigenvalue weighted by Crippen LogP contribution is -2.12. The molecule has 0 spiro atoms. The number of carbonyl (C=O) groups is 2. The summed E-state index contributed by atoms with van der Waals surface area (Å²) in [5.41, 5.74) is 3.62. The molecule has 0 aliphatic heterocycles. The minimum atomic E-state index is -0.665. The number of unbranched alkanes of at least 4 members (excludes halogenated alkanes) is 14. The Labute approximate surface area is 380 Å². The van der Waals surface area contributed by atoms with Crippen LogP contribution in [0.5, 0.6) is 23.0 Å². The molecule has 5 aromatic carbocycles. The van der Waals surface area contributed by atoms with Crippen molar-refractivity contribution < 1.29 is 28.5 Å². The van der Waals surface area contributed by atoms with Crippen molar-refractivity contribution in [3.8, 4) is 29.1 Å². The summed E-state index contributed by atoms with van der Waals surface area (Å²) in [6.07, 6.45) is 23.6. The Morgan fingerprint density at radius 2 is 0.844 bits per heavy atom. The predicted octanol–water partition coefficient (Wildman–Crippen LogP) is 14.5. The highest BCUT2D eigenvalue weighted by molar-refractivity contribution is 5.94. The topological polar surface area (TPSA) is 120 Å². The van der Waals surface area contributed by atoms with Gasteiger partial charge in [0.15, 0.2) is 11.5 Å². The second-order valence-corrected chi connectivity index (χ2v) is 15.9. The maximum Gasteiger partial charge on any atom is 0.343 e. The van der Waals surface area contributed by atoms with Gasteiger partial charge < -0.3 is 18.9 Å². The van der Waals surface area contributed by atoms with Gasteiger partial charge in [0.1, 0.15) is 23.1 Å². The molecule has 5 aromatic rings. The Balaban J connectivity index is 1.05. The number of carbonyl (C=O) groups excluding carboxylic acids is 2. The zero-order valence-electron chi connectivity index (χ0n) is 37.6. The normalized spacial score (nSPS) is 11.1. The van der Waals surface area contributed by atoms with Crippen LogP contribution in [0.2, 0.25) is 0 Å². The fourth-order valence-electron chi connectivity index (χ4n) is 6.93. The Hall–Kier alpha value is -6.53. The lowest BCUT2D eigenvalue weighted by Gasteiger charge is -2.10. The highest BCUT2D eigenvalue weighted by atomic mass is 16.5. The van der Waals surface area contributed by atoms with E-state index >= 15 is 0 Å². The summed E-state index contributed by atoms with van der Waals surface area (Å²) in [5.74, 6) is 0.274. The molecule has 0 atom stereocenters. The van der Waals surface area contributed by atoms with Crippen LogP contribution in [0.1, 0.15) is 154 Å². The van der Waals surface area contributed by atoms with Crippen LogP contribution in [-0.2, 0) is 0 Å². The average Bonchev–Trinajstić information content (AvgIpc) is 3.32. The van der Waals surface area contributed by atoms with Crippen LogP contribution in [0.3, 0.4) is 0 Å². The van der Waals surface area contributed by atoms with Crippen LogP contribution in [0.15, 0.2) is 125 Å². The summed E-state index contributed by atoms with van der Waals surface area (Å²) < 4.78 is 23.0. The van der Waals surface area contributed by atoms with E-state index in [1.165, 1.54) is 102 Å². The van der Waals surface area contributed by atoms with Gasteiger partial charge in [0, 0.05) is 12.4 Å². The quantitative estimate of drug-likeness (QED) is 0.0212. The van der Waals surface area contributed by atoms with Crippen molar-refractivity contribution >= 4 is 35.7 Å². The van der Waals surface area contributed by atoms with Crippen molar-refractivity contribution in [1.29, 1.82) is 5.26 Å². The van der Waals surface area contributed by atoms with E-state index in [1.807, 2.05) is 54.6 Å². The zero-order chi connectivity index (χ0) is 45.0. The fourth-order valence-corrected chi connectivity index (χ4v) is 6.93. The molecular formula is C55H63N3O6. The van der Waals surface area contributed by atoms with Crippen molar-refractivity contribution in [3.63, 3.8) is 0 Å². The molecule has 0 unspecified atom stereocenters. The van der Waals surface area contributed by atoms with E-state index in [0.29, 0.717) is 13.2 Å².